The van der Waals surface area contributed by atoms with Crippen LogP contribution in [0.2, 0.25) is 0 Å². The average Bonchev–Trinajstić information content (AvgIpc) is 2.81. The third kappa shape index (κ3) is 6.98. The Morgan fingerprint density at radius 2 is 1.77 bits per heavy atom. The van der Waals surface area contributed by atoms with Gasteiger partial charge in [-0.25, -0.2) is 0 Å². The van der Waals surface area contributed by atoms with E-state index < -0.39 is 73.6 Å². The number of carbonyl (C=O) groups excluding carboxylic acids is 3. The molecule has 0 radical (unpaired) electrons. The van der Waals surface area contributed by atoms with Crippen LogP contribution < -0.4 is 10.1 Å². The Hall–Kier alpha value is -3.84. The number of phenols is 1. The van der Waals surface area contributed by atoms with Gasteiger partial charge < -0.3 is 40.7 Å². The zero-order valence-corrected chi connectivity index (χ0v) is 21.2. The number of fused-ring (bicyclic) bond motifs is 1. The van der Waals surface area contributed by atoms with Gasteiger partial charge in [0.15, 0.2) is 11.6 Å². The lowest BCUT2D eigenvalue weighted by Crippen LogP contribution is -2.53. The molecule has 7 N–H and O–H groups in total. The van der Waals surface area contributed by atoms with E-state index >= 15 is 0 Å². The first kappa shape index (κ1) is 29.7. The molecule has 0 saturated heterocycles. The number of hydrogen-bond donors (Lipinski definition) is 7. The van der Waals surface area contributed by atoms with Crippen LogP contribution in [0.3, 0.4) is 0 Å². The lowest BCUT2D eigenvalue weighted by atomic mass is 9.68. The number of carboxylic acids is 1. The Morgan fingerprint density at radius 1 is 1.10 bits per heavy atom. The second-order valence-corrected chi connectivity index (χ2v) is 9.77. The van der Waals surface area contributed by atoms with Crippen molar-refractivity contribution in [2.45, 2.75) is 50.2 Å². The minimum atomic E-state index is -2.25. The monoisotopic (exact) mass is 545 g/mol. The highest BCUT2D eigenvalue weighted by Gasteiger charge is 2.49. The molecule has 0 fully saturated rings. The number of phenolic OH excluding ortho intramolecular Hbond substituents is 1. The molecule has 0 aliphatic heterocycles. The predicted octanol–water partition coefficient (Wildman–Crippen LogP) is 1.16. The van der Waals surface area contributed by atoms with Crippen molar-refractivity contribution in [1.82, 2.24) is 0 Å². The van der Waals surface area contributed by atoms with E-state index in [1.807, 2.05) is 0 Å². The summed E-state index contributed by atoms with van der Waals surface area (Å²) in [6.45, 7) is -0.248. The van der Waals surface area contributed by atoms with Crippen molar-refractivity contribution in [3.8, 4) is 17.2 Å². The second-order valence-electron chi connectivity index (χ2n) is 9.77. The number of carbonyl (C=O) groups is 4. The van der Waals surface area contributed by atoms with E-state index in [4.69, 9.17) is 9.84 Å². The van der Waals surface area contributed by atoms with Gasteiger partial charge in [-0.3, -0.25) is 19.2 Å². The topological polar surface area (TPSA) is 211 Å². The van der Waals surface area contributed by atoms with Gasteiger partial charge in [0, 0.05) is 50.5 Å². The van der Waals surface area contributed by atoms with Gasteiger partial charge in [-0.1, -0.05) is 0 Å². The maximum Gasteiger partial charge on any atom is 0.310 e. The number of Topliss-reactive ketones (excluding diaryl/α,β-unsaturated/α-hetero) is 2. The molecule has 1 aliphatic carbocycles. The van der Waals surface area contributed by atoms with E-state index in [1.54, 1.807) is 24.3 Å². The number of ketones is 2. The maximum atomic E-state index is 13.1. The summed E-state index contributed by atoms with van der Waals surface area (Å²) in [5.41, 5.74) is -3.69. The molecule has 1 aliphatic rings. The number of aliphatic carboxylic acids is 1. The van der Waals surface area contributed by atoms with E-state index in [9.17, 15) is 44.7 Å². The zero-order valence-electron chi connectivity index (χ0n) is 21.2. The normalized spacial score (nSPS) is 18.9. The molecular formula is C27H31NO11. The third-order valence-electron chi connectivity index (χ3n) is 6.65. The number of hydrogen-bond acceptors (Lipinski definition) is 10. The molecule has 210 valence electrons. The second kappa shape index (κ2) is 11.9. The van der Waals surface area contributed by atoms with Crippen molar-refractivity contribution in [1.29, 1.82) is 0 Å². The van der Waals surface area contributed by atoms with Gasteiger partial charge in [-0.05, 0) is 36.4 Å². The Labute approximate surface area is 223 Å². The van der Waals surface area contributed by atoms with Gasteiger partial charge in [-0.15, -0.1) is 0 Å². The smallest absolute Gasteiger partial charge is 0.310 e. The highest BCUT2D eigenvalue weighted by Crippen LogP contribution is 2.44. The van der Waals surface area contributed by atoms with Gasteiger partial charge in [0.05, 0.1) is 29.3 Å². The Bertz CT molecular complexity index is 1260. The van der Waals surface area contributed by atoms with Crippen LogP contribution in [0.25, 0.3) is 0 Å². The first-order valence-corrected chi connectivity index (χ1v) is 12.2. The minimum Gasteiger partial charge on any atom is -0.507 e. The number of amides is 1. The molecule has 3 atom stereocenters. The minimum absolute atomic E-state index is 0.0848. The molecule has 0 saturated carbocycles. The largest absolute Gasteiger partial charge is 0.507 e. The summed E-state index contributed by atoms with van der Waals surface area (Å²) in [5.74, 6) is -4.98. The summed E-state index contributed by atoms with van der Waals surface area (Å²) >= 11 is 0. The van der Waals surface area contributed by atoms with Crippen molar-refractivity contribution in [2.75, 3.05) is 18.5 Å². The number of anilines is 1. The van der Waals surface area contributed by atoms with Gasteiger partial charge in [-0.2, -0.15) is 0 Å². The first-order valence-electron chi connectivity index (χ1n) is 12.2. The fourth-order valence-corrected chi connectivity index (χ4v) is 5.03. The van der Waals surface area contributed by atoms with Crippen LogP contribution in [0.5, 0.6) is 17.2 Å². The van der Waals surface area contributed by atoms with Crippen molar-refractivity contribution in [2.24, 2.45) is 5.92 Å². The Morgan fingerprint density at radius 3 is 2.33 bits per heavy atom. The molecule has 3 unspecified atom stereocenters. The van der Waals surface area contributed by atoms with Crippen molar-refractivity contribution < 1.29 is 54.6 Å². The van der Waals surface area contributed by atoms with E-state index in [1.165, 1.54) is 19.1 Å². The summed E-state index contributed by atoms with van der Waals surface area (Å²) in [7, 11) is 0. The number of nitrogens with one attached hydrogen (secondary N) is 1. The molecule has 39 heavy (non-hydrogen) atoms. The number of benzene rings is 2. The van der Waals surface area contributed by atoms with Gasteiger partial charge in [0.25, 0.3) is 0 Å². The van der Waals surface area contributed by atoms with Crippen LogP contribution in [0.4, 0.5) is 5.69 Å². The fraction of sp³-hybridized carbons (Fsp3) is 0.407. The lowest BCUT2D eigenvalue weighted by Gasteiger charge is -2.42. The summed E-state index contributed by atoms with van der Waals surface area (Å²) in [6, 6.07) is 8.94. The molecule has 0 bridgehead atoms. The van der Waals surface area contributed by atoms with E-state index in [0.717, 1.165) is 0 Å². The molecule has 2 aromatic rings. The van der Waals surface area contributed by atoms with Gasteiger partial charge in [0.2, 0.25) is 5.91 Å². The number of aliphatic hydroxyl groups is 4. The average molecular weight is 546 g/mol. The van der Waals surface area contributed by atoms with E-state index in [0.29, 0.717) is 11.4 Å². The van der Waals surface area contributed by atoms with Crippen molar-refractivity contribution in [3.05, 3.63) is 47.5 Å². The first-order chi connectivity index (χ1) is 18.3. The molecule has 12 heteroatoms. The zero-order chi connectivity index (χ0) is 29.0. The van der Waals surface area contributed by atoms with Crippen molar-refractivity contribution >= 4 is 29.1 Å². The van der Waals surface area contributed by atoms with Crippen LogP contribution in [0, 0.1) is 5.92 Å². The predicted molar refractivity (Wildman–Crippen MR) is 136 cm³/mol. The summed E-state index contributed by atoms with van der Waals surface area (Å²) in [6.07, 6.45) is -3.03. The van der Waals surface area contributed by atoms with Gasteiger partial charge in [0.1, 0.15) is 23.7 Å². The Balaban J connectivity index is 1.95. The molecule has 0 spiro atoms. The lowest BCUT2D eigenvalue weighted by molar-refractivity contribution is -0.151. The SMILES string of the molecule is CC(=O)Nc1ccc(Oc2ccc(O)c3c2CC(O)(CC(O)(CCO)C(CO)C(=O)CC(=O)O)CC3=O)cc1. The molecule has 0 heterocycles. The third-order valence-corrected chi connectivity index (χ3v) is 6.65. The Kier molecular flexibility index (Phi) is 9.07. The summed E-state index contributed by atoms with van der Waals surface area (Å²) < 4.78 is 5.91. The number of rotatable bonds is 12. The van der Waals surface area contributed by atoms with E-state index in [2.05, 4.69) is 5.32 Å². The summed E-state index contributed by atoms with van der Waals surface area (Å²) in [4.78, 5) is 47.9. The molecule has 2 aromatic carbocycles. The number of aliphatic hydroxyl groups excluding tert-OH is 2. The van der Waals surface area contributed by atoms with Crippen LogP contribution >= 0.6 is 0 Å². The number of carboxylic acid groups (broad SMARTS) is 1. The highest BCUT2D eigenvalue weighted by atomic mass is 16.5. The number of ether oxygens (including phenoxy) is 1. The van der Waals surface area contributed by atoms with Crippen LogP contribution in [-0.2, 0) is 20.8 Å². The maximum absolute atomic E-state index is 13.1. The van der Waals surface area contributed by atoms with Crippen molar-refractivity contribution in [3.63, 3.8) is 0 Å². The van der Waals surface area contributed by atoms with Crippen LogP contribution in [0.15, 0.2) is 36.4 Å². The quantitative estimate of drug-likeness (QED) is 0.188. The fourth-order valence-electron chi connectivity index (χ4n) is 5.03. The van der Waals surface area contributed by atoms with Gasteiger partial charge >= 0.3 is 5.97 Å². The standard InChI is InChI=1S/C27H31NO11/c1-15(31)28-16-2-4-17(5-3-16)39-23-7-6-20(32)25-18(23)11-26(37,12-22(25)34)14-27(38,8-9-29)19(13-30)21(33)10-24(35)36/h2-7,19,29-30,32,37-38H,8-14H2,1H3,(H,28,31)(H,35,36). The van der Waals surface area contributed by atoms with E-state index in [-0.39, 0.29) is 35.0 Å². The highest BCUT2D eigenvalue weighted by molar-refractivity contribution is 6.02. The number of aromatic hydroxyl groups is 1. The van der Waals surface area contributed by atoms with Crippen LogP contribution in [-0.4, -0.2) is 78.5 Å². The molecule has 0 aromatic heterocycles. The molecular weight excluding hydrogens is 514 g/mol. The molecule has 3 rings (SSSR count). The summed E-state index contributed by atoms with van der Waals surface area (Å²) in [5, 5.41) is 64.2. The molecule has 1 amide bonds. The molecule has 12 nitrogen and oxygen atoms in total. The van der Waals surface area contributed by atoms with Crippen LogP contribution in [0.1, 0.15) is 48.5 Å².